The molecule has 1 aromatic carbocycles. The van der Waals surface area contributed by atoms with E-state index < -0.39 is 11.5 Å². The molecule has 1 saturated heterocycles. The molecule has 0 radical (unpaired) electrons. The molecule has 2 heterocycles. The number of aromatic nitrogens is 1. The predicted octanol–water partition coefficient (Wildman–Crippen LogP) is 2.76. The van der Waals surface area contributed by atoms with Gasteiger partial charge < -0.3 is 15.2 Å². The summed E-state index contributed by atoms with van der Waals surface area (Å²) in [6.07, 6.45) is 0.572. The van der Waals surface area contributed by atoms with E-state index in [0.29, 0.717) is 23.9 Å². The SMILES string of the molecule is O=C(Cc1csc(-c2ccc(Cl)cc2)n1)NC1(C(=O)O)CCOCC1. The van der Waals surface area contributed by atoms with E-state index in [-0.39, 0.29) is 25.2 Å². The van der Waals surface area contributed by atoms with Gasteiger partial charge >= 0.3 is 5.97 Å². The van der Waals surface area contributed by atoms with E-state index in [1.54, 1.807) is 17.5 Å². The number of hydrogen-bond acceptors (Lipinski definition) is 5. The minimum Gasteiger partial charge on any atom is -0.480 e. The number of benzene rings is 1. The first-order valence-electron chi connectivity index (χ1n) is 7.81. The fraction of sp³-hybridized carbons (Fsp3) is 0.353. The van der Waals surface area contributed by atoms with Crippen molar-refractivity contribution in [3.05, 3.63) is 40.4 Å². The Hall–Kier alpha value is -1.96. The summed E-state index contributed by atoms with van der Waals surface area (Å²) in [5, 5.41) is 15.4. The second-order valence-electron chi connectivity index (χ2n) is 5.88. The topological polar surface area (TPSA) is 88.5 Å². The fourth-order valence-electron chi connectivity index (χ4n) is 2.70. The maximum atomic E-state index is 12.3. The first-order valence-corrected chi connectivity index (χ1v) is 9.07. The Morgan fingerprint density at radius 2 is 1.96 bits per heavy atom. The highest BCUT2D eigenvalue weighted by Gasteiger charge is 2.41. The van der Waals surface area contributed by atoms with Gasteiger partial charge in [-0.2, -0.15) is 0 Å². The van der Waals surface area contributed by atoms with Crippen LogP contribution < -0.4 is 5.32 Å². The van der Waals surface area contributed by atoms with Gasteiger partial charge in [0, 0.05) is 42.0 Å². The molecular weight excluding hydrogens is 364 g/mol. The van der Waals surface area contributed by atoms with Crippen LogP contribution in [0.15, 0.2) is 29.6 Å². The second-order valence-corrected chi connectivity index (χ2v) is 7.17. The molecule has 3 rings (SSSR count). The Kier molecular flexibility index (Phi) is 5.36. The molecule has 8 heteroatoms. The summed E-state index contributed by atoms with van der Waals surface area (Å²) in [6.45, 7) is 0.647. The van der Waals surface area contributed by atoms with E-state index in [1.165, 1.54) is 11.3 Å². The number of ether oxygens (including phenoxy) is 1. The van der Waals surface area contributed by atoms with Crippen molar-refractivity contribution < 1.29 is 19.4 Å². The molecule has 0 atom stereocenters. The zero-order valence-electron chi connectivity index (χ0n) is 13.3. The Labute approximate surface area is 153 Å². The van der Waals surface area contributed by atoms with Crippen LogP contribution in [-0.2, 0) is 20.7 Å². The van der Waals surface area contributed by atoms with Crippen LogP contribution in [-0.4, -0.2) is 40.7 Å². The second kappa shape index (κ2) is 7.51. The Morgan fingerprint density at radius 1 is 1.28 bits per heavy atom. The van der Waals surface area contributed by atoms with Crippen LogP contribution in [0.2, 0.25) is 5.02 Å². The Bertz CT molecular complexity index is 769. The van der Waals surface area contributed by atoms with Crippen molar-refractivity contribution in [3.8, 4) is 10.6 Å². The zero-order chi connectivity index (χ0) is 17.9. The van der Waals surface area contributed by atoms with Gasteiger partial charge in [0.15, 0.2) is 0 Å². The lowest BCUT2D eigenvalue weighted by molar-refractivity contribution is -0.152. The third kappa shape index (κ3) is 4.18. The summed E-state index contributed by atoms with van der Waals surface area (Å²) in [5.74, 6) is -1.37. The first-order chi connectivity index (χ1) is 12.0. The van der Waals surface area contributed by atoms with Crippen LogP contribution in [0.5, 0.6) is 0 Å². The first kappa shape index (κ1) is 17.8. The van der Waals surface area contributed by atoms with Crippen LogP contribution in [0.4, 0.5) is 0 Å². The molecule has 2 N–H and O–H groups in total. The average Bonchev–Trinajstić information content (AvgIpc) is 3.04. The molecule has 1 fully saturated rings. The number of carboxylic acids is 1. The largest absolute Gasteiger partial charge is 0.480 e. The van der Waals surface area contributed by atoms with Crippen LogP contribution >= 0.6 is 22.9 Å². The number of aliphatic carboxylic acids is 1. The summed E-state index contributed by atoms with van der Waals surface area (Å²) in [5.41, 5.74) is 0.289. The molecule has 25 heavy (non-hydrogen) atoms. The van der Waals surface area contributed by atoms with Gasteiger partial charge in [-0.15, -0.1) is 11.3 Å². The van der Waals surface area contributed by atoms with Gasteiger partial charge in [0.1, 0.15) is 10.5 Å². The van der Waals surface area contributed by atoms with Crippen molar-refractivity contribution in [2.75, 3.05) is 13.2 Å². The molecule has 0 bridgehead atoms. The molecule has 1 aromatic heterocycles. The third-order valence-electron chi connectivity index (χ3n) is 4.12. The fourth-order valence-corrected chi connectivity index (χ4v) is 3.65. The van der Waals surface area contributed by atoms with Crippen LogP contribution in [0.25, 0.3) is 10.6 Å². The number of carbonyl (C=O) groups is 2. The van der Waals surface area contributed by atoms with Crippen molar-refractivity contribution in [1.29, 1.82) is 0 Å². The summed E-state index contributed by atoms with van der Waals surface area (Å²) in [4.78, 5) is 28.4. The monoisotopic (exact) mass is 380 g/mol. The molecule has 1 amide bonds. The molecule has 0 spiro atoms. The van der Waals surface area contributed by atoms with E-state index in [4.69, 9.17) is 16.3 Å². The molecule has 0 saturated carbocycles. The lowest BCUT2D eigenvalue weighted by Crippen LogP contribution is -2.57. The van der Waals surface area contributed by atoms with E-state index in [1.807, 2.05) is 12.1 Å². The Balaban J connectivity index is 1.67. The number of hydrogen-bond donors (Lipinski definition) is 2. The van der Waals surface area contributed by atoms with Gasteiger partial charge in [-0.25, -0.2) is 9.78 Å². The highest BCUT2D eigenvalue weighted by atomic mass is 35.5. The van der Waals surface area contributed by atoms with Crippen molar-refractivity contribution in [3.63, 3.8) is 0 Å². The van der Waals surface area contributed by atoms with Crippen molar-refractivity contribution in [2.24, 2.45) is 0 Å². The van der Waals surface area contributed by atoms with E-state index in [0.717, 1.165) is 10.6 Å². The number of rotatable bonds is 5. The third-order valence-corrected chi connectivity index (χ3v) is 5.31. The average molecular weight is 381 g/mol. The highest BCUT2D eigenvalue weighted by Crippen LogP contribution is 2.26. The number of amides is 1. The molecule has 132 valence electrons. The van der Waals surface area contributed by atoms with Crippen molar-refractivity contribution >= 4 is 34.8 Å². The number of carbonyl (C=O) groups excluding carboxylic acids is 1. The number of halogens is 1. The van der Waals surface area contributed by atoms with Gasteiger partial charge in [0.05, 0.1) is 12.1 Å². The van der Waals surface area contributed by atoms with Crippen molar-refractivity contribution in [1.82, 2.24) is 10.3 Å². The minimum atomic E-state index is -1.25. The summed E-state index contributed by atoms with van der Waals surface area (Å²) in [7, 11) is 0. The molecule has 1 aliphatic heterocycles. The maximum Gasteiger partial charge on any atom is 0.329 e. The summed E-state index contributed by atoms with van der Waals surface area (Å²) in [6, 6.07) is 7.30. The molecule has 1 aliphatic rings. The summed E-state index contributed by atoms with van der Waals surface area (Å²) >= 11 is 7.31. The Morgan fingerprint density at radius 3 is 2.60 bits per heavy atom. The molecular formula is C17H17ClN2O4S. The normalized spacial score (nSPS) is 16.4. The maximum absolute atomic E-state index is 12.3. The van der Waals surface area contributed by atoms with Gasteiger partial charge in [0.25, 0.3) is 0 Å². The van der Waals surface area contributed by atoms with E-state index in [9.17, 15) is 14.7 Å². The minimum absolute atomic E-state index is 0.0416. The van der Waals surface area contributed by atoms with Crippen molar-refractivity contribution in [2.45, 2.75) is 24.8 Å². The highest BCUT2D eigenvalue weighted by molar-refractivity contribution is 7.13. The number of nitrogens with one attached hydrogen (secondary N) is 1. The molecule has 0 aliphatic carbocycles. The zero-order valence-corrected chi connectivity index (χ0v) is 14.9. The standard InChI is InChI=1S/C17H17ClN2O4S/c18-12-3-1-11(2-4-12)15-19-13(10-25-15)9-14(21)20-17(16(22)23)5-7-24-8-6-17/h1-4,10H,5-9H2,(H,20,21)(H,22,23). The van der Waals surface area contributed by atoms with Gasteiger partial charge in [-0.1, -0.05) is 23.7 Å². The molecule has 2 aromatic rings. The summed E-state index contributed by atoms with van der Waals surface area (Å²) < 4.78 is 5.20. The van der Waals surface area contributed by atoms with E-state index in [2.05, 4.69) is 10.3 Å². The van der Waals surface area contributed by atoms with E-state index >= 15 is 0 Å². The molecule has 0 unspecified atom stereocenters. The lowest BCUT2D eigenvalue weighted by Gasteiger charge is -2.33. The van der Waals surface area contributed by atoms with Crippen LogP contribution in [0.3, 0.4) is 0 Å². The number of thiazole rings is 1. The van der Waals surface area contributed by atoms with Gasteiger partial charge in [-0.3, -0.25) is 4.79 Å². The number of nitrogens with zero attached hydrogens (tertiary/aromatic N) is 1. The smallest absolute Gasteiger partial charge is 0.329 e. The predicted molar refractivity (Wildman–Crippen MR) is 94.8 cm³/mol. The van der Waals surface area contributed by atoms with Crippen LogP contribution in [0.1, 0.15) is 18.5 Å². The van der Waals surface area contributed by atoms with Gasteiger partial charge in [-0.05, 0) is 12.1 Å². The van der Waals surface area contributed by atoms with Gasteiger partial charge in [0.2, 0.25) is 5.91 Å². The number of carboxylic acid groups (broad SMARTS) is 1. The van der Waals surface area contributed by atoms with Crippen LogP contribution in [0, 0.1) is 0 Å². The molecule has 6 nitrogen and oxygen atoms in total. The quantitative estimate of drug-likeness (QED) is 0.832. The lowest BCUT2D eigenvalue weighted by atomic mass is 9.90.